The summed E-state index contributed by atoms with van der Waals surface area (Å²) in [4.78, 5) is 0. The van der Waals surface area contributed by atoms with Gasteiger partial charge < -0.3 is 16.9 Å². The maximum atomic E-state index is 3.12. The third-order valence-corrected chi connectivity index (χ3v) is 2.68. The van der Waals surface area contributed by atoms with Crippen molar-refractivity contribution in [1.82, 2.24) is 0 Å². The first-order valence-electron chi connectivity index (χ1n) is 4.85. The van der Waals surface area contributed by atoms with Crippen LogP contribution in [-0.2, 0) is 0 Å². The third-order valence-electron chi connectivity index (χ3n) is 2.68. The molecule has 1 nitrogen and oxygen atoms in total. The van der Waals surface area contributed by atoms with Gasteiger partial charge in [-0.2, -0.15) is 0 Å². The summed E-state index contributed by atoms with van der Waals surface area (Å²) in [6, 6.07) is 0. The number of halogens is 5. The molecule has 0 atom stereocenters. The summed E-state index contributed by atoms with van der Waals surface area (Å²) in [6.07, 6.45) is 0. The highest BCUT2D eigenvalue weighted by Crippen LogP contribution is 2.39. The average Bonchev–Trinajstić information content (AvgIpc) is 2.07. The molecule has 96 valence electrons. The monoisotopic (exact) mass is 493 g/mol. The summed E-state index contributed by atoms with van der Waals surface area (Å²) >= 11 is 12.5. The van der Waals surface area contributed by atoms with Gasteiger partial charge in [-0.15, -0.1) is 0 Å². The smallest absolute Gasteiger partial charge is 0.189 e. The lowest BCUT2D eigenvalue weighted by molar-refractivity contribution is -0.921. The van der Waals surface area contributed by atoms with Gasteiger partial charge in [-0.05, 0) is 91.4 Å². The Morgan fingerprint density at radius 1 is 0.733 bits per heavy atom. The maximum Gasteiger partial charge on any atom is 0.189 e. The summed E-state index contributed by atoms with van der Waals surface area (Å²) in [5.41, 5.74) is 0. The van der Waals surface area contributed by atoms with Crippen molar-refractivity contribution in [1.29, 1.82) is 0 Å². The Labute approximate surface area is 134 Å². The van der Waals surface area contributed by atoms with Crippen LogP contribution in [0.5, 0.6) is 0 Å². The first kappa shape index (κ1) is 22.4. The van der Waals surface area contributed by atoms with Crippen molar-refractivity contribution in [2.45, 2.75) is 28.7 Å². The number of alkyl halides is 4. The Balaban J connectivity index is -0.000000208. The molecule has 0 aliphatic rings. The number of nitrogens with zero attached hydrogens (tertiary/aromatic N) is 1. The van der Waals surface area contributed by atoms with Gasteiger partial charge in [0.05, 0.1) is 26.2 Å². The van der Waals surface area contributed by atoms with Crippen molar-refractivity contribution in [3.8, 4) is 0 Å². The van der Waals surface area contributed by atoms with Crippen molar-refractivity contribution in [2.24, 2.45) is 0 Å². The highest BCUT2D eigenvalue weighted by molar-refractivity contribution is 9.52. The zero-order chi connectivity index (χ0) is 11.8. The van der Waals surface area contributed by atoms with Crippen LogP contribution < -0.4 is 12.4 Å². The highest BCUT2D eigenvalue weighted by atomic mass is 80.0. The van der Waals surface area contributed by atoms with Crippen molar-refractivity contribution < 1.29 is 16.9 Å². The second kappa shape index (κ2) is 11.3. The zero-order valence-corrected chi connectivity index (χ0v) is 16.8. The number of hydrogen-bond donors (Lipinski definition) is 0. The highest BCUT2D eigenvalue weighted by Gasteiger charge is 2.16. The van der Waals surface area contributed by atoms with Crippen LogP contribution in [0.15, 0.2) is 0 Å². The first-order chi connectivity index (χ1) is 6.24. The Morgan fingerprint density at radius 3 is 0.867 bits per heavy atom. The van der Waals surface area contributed by atoms with Crippen LogP contribution in [0.2, 0.25) is 0 Å². The van der Waals surface area contributed by atoms with E-state index in [0.717, 1.165) is 0 Å². The Bertz CT molecular complexity index is 111. The summed E-state index contributed by atoms with van der Waals surface area (Å²) < 4.78 is 1.03. The van der Waals surface area contributed by atoms with Gasteiger partial charge >= 0.3 is 0 Å². The number of quaternary nitrogens is 1. The van der Waals surface area contributed by atoms with Crippen molar-refractivity contribution in [2.75, 3.05) is 26.2 Å². The molecule has 0 aliphatic carbocycles. The minimum atomic E-state index is -0.250. The molecule has 0 amide bonds. The fourth-order valence-corrected chi connectivity index (χ4v) is 1.34. The summed E-state index contributed by atoms with van der Waals surface area (Å²) in [6.45, 7) is 14.2. The fourth-order valence-electron chi connectivity index (χ4n) is 1.34. The van der Waals surface area contributed by atoms with Gasteiger partial charge in [0.15, 0.2) is 1.05 Å². The molecule has 6 heteroatoms. The lowest BCUT2D eigenvalue weighted by atomic mass is 10.3. The summed E-state index contributed by atoms with van der Waals surface area (Å²) in [5, 5.41) is 0. The molecule has 0 unspecified atom stereocenters. The second-order valence-electron chi connectivity index (χ2n) is 3.04. The van der Waals surface area contributed by atoms with E-state index in [0.29, 0.717) is 0 Å². The van der Waals surface area contributed by atoms with Gasteiger partial charge in [0.25, 0.3) is 0 Å². The molecule has 0 bridgehead atoms. The van der Waals surface area contributed by atoms with Crippen LogP contribution in [0.25, 0.3) is 0 Å². The van der Waals surface area contributed by atoms with E-state index in [1.54, 1.807) is 0 Å². The first-order valence-corrected chi connectivity index (χ1v) is 8.02. The fraction of sp³-hybridized carbons (Fsp3) is 1.00. The van der Waals surface area contributed by atoms with Gasteiger partial charge in [-0.1, -0.05) is 0 Å². The van der Waals surface area contributed by atoms with Crippen LogP contribution in [0, 0.1) is 0 Å². The van der Waals surface area contributed by atoms with E-state index in [4.69, 9.17) is 0 Å². The predicted octanol–water partition coefficient (Wildman–Crippen LogP) is 2.06. The lowest BCUT2D eigenvalue weighted by Crippen LogP contribution is -3.00. The normalized spacial score (nSPS) is 11.2. The molecule has 0 aliphatic heterocycles. The van der Waals surface area contributed by atoms with E-state index in [1.807, 2.05) is 0 Å². The standard InChI is InChI=1S/C8H20N.CBr4.ClH/c1-5-9(6-2,7-3)8-4;2-1(3,4)5;/h5-8H2,1-4H3;;1H/q+1;;/p-1. The largest absolute Gasteiger partial charge is 1.00 e. The molecule has 0 heterocycles. The molecule has 0 rings (SSSR count). The molecular weight excluding hydrogens is 477 g/mol. The second-order valence-corrected chi connectivity index (χ2v) is 14.2. The molecule has 0 N–H and O–H groups in total. The van der Waals surface area contributed by atoms with E-state index >= 15 is 0 Å². The number of hydrogen-bond acceptors (Lipinski definition) is 0. The predicted molar refractivity (Wildman–Crippen MR) is 80.9 cm³/mol. The van der Waals surface area contributed by atoms with Crippen LogP contribution in [0.4, 0.5) is 0 Å². The lowest BCUT2D eigenvalue weighted by Gasteiger charge is -2.34. The molecule has 0 saturated heterocycles. The Kier molecular flexibility index (Phi) is 16.8. The van der Waals surface area contributed by atoms with Gasteiger partial charge in [0, 0.05) is 0 Å². The van der Waals surface area contributed by atoms with E-state index in [1.165, 1.54) is 30.7 Å². The van der Waals surface area contributed by atoms with Crippen molar-refractivity contribution in [3.63, 3.8) is 0 Å². The van der Waals surface area contributed by atoms with Crippen LogP contribution in [0.1, 0.15) is 27.7 Å². The minimum absolute atomic E-state index is 0. The molecule has 0 fully saturated rings. The van der Waals surface area contributed by atoms with Crippen LogP contribution >= 0.6 is 63.7 Å². The Hall–Kier alpha value is 2.17. The average molecular weight is 497 g/mol. The van der Waals surface area contributed by atoms with E-state index in [-0.39, 0.29) is 13.5 Å². The molecule has 15 heavy (non-hydrogen) atoms. The molecule has 0 aromatic carbocycles. The van der Waals surface area contributed by atoms with E-state index in [9.17, 15) is 0 Å². The summed E-state index contributed by atoms with van der Waals surface area (Å²) in [7, 11) is 0. The zero-order valence-electron chi connectivity index (χ0n) is 9.67. The topological polar surface area (TPSA) is 0 Å². The van der Waals surface area contributed by atoms with Crippen LogP contribution in [-0.4, -0.2) is 31.7 Å². The summed E-state index contributed by atoms with van der Waals surface area (Å²) in [5.74, 6) is 0. The van der Waals surface area contributed by atoms with Gasteiger partial charge in [-0.25, -0.2) is 0 Å². The van der Waals surface area contributed by atoms with E-state index in [2.05, 4.69) is 91.4 Å². The van der Waals surface area contributed by atoms with E-state index < -0.39 is 0 Å². The van der Waals surface area contributed by atoms with Crippen molar-refractivity contribution in [3.05, 3.63) is 0 Å². The van der Waals surface area contributed by atoms with Crippen molar-refractivity contribution >= 4 is 63.7 Å². The molecular formula is C9H20Br4ClN. The Morgan fingerprint density at radius 2 is 0.867 bits per heavy atom. The molecule has 0 aromatic rings. The van der Waals surface area contributed by atoms with Gasteiger partial charge in [0.1, 0.15) is 0 Å². The van der Waals surface area contributed by atoms with Crippen LogP contribution in [0.3, 0.4) is 0 Å². The molecule has 0 spiro atoms. The number of rotatable bonds is 4. The molecule has 0 aromatic heterocycles. The third kappa shape index (κ3) is 16.2. The SMILES string of the molecule is BrC(Br)(Br)Br.CC[N+](CC)(CC)CC.[Cl-]. The minimum Gasteiger partial charge on any atom is -1.00 e. The van der Waals surface area contributed by atoms with Gasteiger partial charge in [-0.3, -0.25) is 0 Å². The van der Waals surface area contributed by atoms with Gasteiger partial charge in [0.2, 0.25) is 0 Å². The quantitative estimate of drug-likeness (QED) is 0.413. The maximum absolute atomic E-state index is 3.12. The molecule has 0 saturated carbocycles. The molecule has 0 radical (unpaired) electrons.